The number of carbonyl (C=O) groups is 1. The van der Waals surface area contributed by atoms with Gasteiger partial charge in [0, 0.05) is 15.8 Å². The highest BCUT2D eigenvalue weighted by Crippen LogP contribution is 2.27. The summed E-state index contributed by atoms with van der Waals surface area (Å²) in [7, 11) is 0. The van der Waals surface area contributed by atoms with E-state index in [-0.39, 0.29) is 11.7 Å². The standard InChI is InChI=1S/C23H27IN4O2S/c1-5-28-21(13-30-18-9-6-16(4)7-10-18)26-27-23(28)31-14-22(29)25-20-11-8-17(24)12-19(20)15(2)3/h6-12,15H,5,13-14H2,1-4H3,(H,25,29). The Balaban J connectivity index is 1.60. The van der Waals surface area contributed by atoms with Crippen LogP contribution in [0.15, 0.2) is 47.6 Å². The van der Waals surface area contributed by atoms with Gasteiger partial charge in [0.05, 0.1) is 5.75 Å². The Bertz CT molecular complexity index is 1030. The lowest BCUT2D eigenvalue weighted by atomic mass is 10.0. The van der Waals surface area contributed by atoms with Crippen LogP contribution in [-0.2, 0) is 17.9 Å². The van der Waals surface area contributed by atoms with Crippen LogP contribution in [0.1, 0.15) is 43.6 Å². The molecule has 0 bridgehead atoms. The fourth-order valence-corrected chi connectivity index (χ4v) is 4.41. The summed E-state index contributed by atoms with van der Waals surface area (Å²) in [6.07, 6.45) is 0. The molecule has 0 unspecified atom stereocenters. The number of aromatic nitrogens is 3. The van der Waals surface area contributed by atoms with Gasteiger partial charge in [-0.25, -0.2) is 0 Å². The fourth-order valence-electron chi connectivity index (χ4n) is 3.07. The lowest BCUT2D eigenvalue weighted by Gasteiger charge is -2.14. The minimum atomic E-state index is -0.0591. The summed E-state index contributed by atoms with van der Waals surface area (Å²) in [5.41, 5.74) is 3.19. The Kier molecular flexibility index (Phi) is 8.36. The van der Waals surface area contributed by atoms with Crippen molar-refractivity contribution in [2.24, 2.45) is 0 Å². The first kappa shape index (κ1) is 23.6. The molecule has 1 heterocycles. The number of thioether (sulfide) groups is 1. The van der Waals surface area contributed by atoms with E-state index in [0.29, 0.717) is 24.2 Å². The van der Waals surface area contributed by atoms with Crippen LogP contribution >= 0.6 is 34.4 Å². The van der Waals surface area contributed by atoms with Gasteiger partial charge >= 0.3 is 0 Å². The molecule has 0 aliphatic heterocycles. The van der Waals surface area contributed by atoms with Crippen LogP contribution in [-0.4, -0.2) is 26.4 Å². The monoisotopic (exact) mass is 550 g/mol. The van der Waals surface area contributed by atoms with Gasteiger partial charge in [-0.3, -0.25) is 4.79 Å². The minimum Gasteiger partial charge on any atom is -0.486 e. The van der Waals surface area contributed by atoms with Crippen molar-refractivity contribution < 1.29 is 9.53 Å². The Morgan fingerprint density at radius 2 is 1.94 bits per heavy atom. The number of aryl methyl sites for hydroxylation is 1. The molecular formula is C23H27IN4O2S. The van der Waals surface area contributed by atoms with Gasteiger partial charge < -0.3 is 14.6 Å². The molecule has 0 spiro atoms. The molecule has 0 radical (unpaired) electrons. The van der Waals surface area contributed by atoms with E-state index in [1.54, 1.807) is 0 Å². The lowest BCUT2D eigenvalue weighted by molar-refractivity contribution is -0.113. The molecule has 31 heavy (non-hydrogen) atoms. The maximum absolute atomic E-state index is 12.6. The first-order valence-corrected chi connectivity index (χ1v) is 12.3. The molecule has 3 rings (SSSR count). The molecule has 6 nitrogen and oxygen atoms in total. The van der Waals surface area contributed by atoms with Crippen molar-refractivity contribution in [1.82, 2.24) is 14.8 Å². The van der Waals surface area contributed by atoms with Gasteiger partial charge in [-0.2, -0.15) is 0 Å². The van der Waals surface area contributed by atoms with Crippen molar-refractivity contribution in [3.05, 3.63) is 63.0 Å². The molecule has 0 aliphatic carbocycles. The molecule has 0 aliphatic rings. The number of carbonyl (C=O) groups excluding carboxylic acids is 1. The second kappa shape index (κ2) is 11.0. The van der Waals surface area contributed by atoms with Gasteiger partial charge in [0.25, 0.3) is 0 Å². The largest absolute Gasteiger partial charge is 0.486 e. The predicted molar refractivity (Wildman–Crippen MR) is 134 cm³/mol. The highest BCUT2D eigenvalue weighted by molar-refractivity contribution is 14.1. The van der Waals surface area contributed by atoms with Crippen molar-refractivity contribution in [2.75, 3.05) is 11.1 Å². The van der Waals surface area contributed by atoms with Crippen molar-refractivity contribution >= 4 is 45.9 Å². The maximum Gasteiger partial charge on any atom is 0.234 e. The molecule has 164 valence electrons. The second-order valence-electron chi connectivity index (χ2n) is 7.47. The van der Waals surface area contributed by atoms with Crippen LogP contribution in [0.3, 0.4) is 0 Å². The number of amides is 1. The van der Waals surface area contributed by atoms with E-state index in [4.69, 9.17) is 4.74 Å². The summed E-state index contributed by atoms with van der Waals surface area (Å²) < 4.78 is 8.98. The molecule has 0 saturated heterocycles. The number of rotatable bonds is 9. The Morgan fingerprint density at radius 3 is 2.61 bits per heavy atom. The third-order valence-electron chi connectivity index (χ3n) is 4.74. The van der Waals surface area contributed by atoms with Gasteiger partial charge in [-0.15, -0.1) is 10.2 Å². The summed E-state index contributed by atoms with van der Waals surface area (Å²) in [5.74, 6) is 2.07. The zero-order chi connectivity index (χ0) is 22.4. The number of hydrogen-bond donors (Lipinski definition) is 1. The maximum atomic E-state index is 12.6. The first-order chi connectivity index (χ1) is 14.9. The van der Waals surface area contributed by atoms with Gasteiger partial charge in [-0.05, 0) is 78.3 Å². The number of hydrogen-bond acceptors (Lipinski definition) is 5. The molecule has 1 aromatic heterocycles. The van der Waals surface area contributed by atoms with Crippen LogP contribution in [0, 0.1) is 10.5 Å². The van der Waals surface area contributed by atoms with E-state index < -0.39 is 0 Å². The highest BCUT2D eigenvalue weighted by atomic mass is 127. The first-order valence-electron chi connectivity index (χ1n) is 10.2. The Morgan fingerprint density at radius 1 is 1.19 bits per heavy atom. The summed E-state index contributed by atoms with van der Waals surface area (Å²) in [6, 6.07) is 14.0. The minimum absolute atomic E-state index is 0.0591. The van der Waals surface area contributed by atoms with Gasteiger partial charge in [-0.1, -0.05) is 43.3 Å². The van der Waals surface area contributed by atoms with E-state index in [0.717, 1.165) is 26.4 Å². The molecule has 0 fully saturated rings. The SMILES string of the molecule is CCn1c(COc2ccc(C)cc2)nnc1SCC(=O)Nc1ccc(I)cc1C(C)C. The van der Waals surface area contributed by atoms with E-state index in [1.807, 2.05) is 54.8 Å². The topological polar surface area (TPSA) is 69.0 Å². The third kappa shape index (κ3) is 6.46. The molecule has 1 amide bonds. The summed E-state index contributed by atoms with van der Waals surface area (Å²) in [6.45, 7) is 9.36. The summed E-state index contributed by atoms with van der Waals surface area (Å²) in [5, 5.41) is 12.3. The van der Waals surface area contributed by atoms with E-state index in [1.165, 1.54) is 17.3 Å². The molecular weight excluding hydrogens is 523 g/mol. The van der Waals surface area contributed by atoms with Gasteiger partial charge in [0.1, 0.15) is 12.4 Å². The van der Waals surface area contributed by atoms with Crippen LogP contribution in [0.2, 0.25) is 0 Å². The third-order valence-corrected chi connectivity index (χ3v) is 6.38. The highest BCUT2D eigenvalue weighted by Gasteiger charge is 2.15. The second-order valence-corrected chi connectivity index (χ2v) is 9.66. The fraction of sp³-hybridized carbons (Fsp3) is 0.348. The normalized spacial score (nSPS) is 11.0. The summed E-state index contributed by atoms with van der Waals surface area (Å²) in [4.78, 5) is 12.6. The van der Waals surface area contributed by atoms with Crippen molar-refractivity contribution in [2.45, 2.75) is 51.9 Å². The van der Waals surface area contributed by atoms with E-state index in [2.05, 4.69) is 58.0 Å². The van der Waals surface area contributed by atoms with Crippen LogP contribution in [0.25, 0.3) is 0 Å². The van der Waals surface area contributed by atoms with Crippen LogP contribution in [0.5, 0.6) is 5.75 Å². The molecule has 1 N–H and O–H groups in total. The number of ether oxygens (including phenoxy) is 1. The molecule has 3 aromatic rings. The van der Waals surface area contributed by atoms with Crippen LogP contribution < -0.4 is 10.1 Å². The van der Waals surface area contributed by atoms with Crippen molar-refractivity contribution in [3.8, 4) is 5.75 Å². The van der Waals surface area contributed by atoms with Gasteiger partial charge in [0.15, 0.2) is 11.0 Å². The summed E-state index contributed by atoms with van der Waals surface area (Å²) >= 11 is 3.67. The Hall–Kier alpha value is -2.07. The number of nitrogens with zero attached hydrogens (tertiary/aromatic N) is 3. The Labute approximate surface area is 201 Å². The average Bonchev–Trinajstić information content (AvgIpc) is 3.14. The zero-order valence-corrected chi connectivity index (χ0v) is 21.2. The van der Waals surface area contributed by atoms with Gasteiger partial charge in [0.2, 0.25) is 5.91 Å². The quantitative estimate of drug-likeness (QED) is 0.276. The molecule has 0 saturated carbocycles. The lowest BCUT2D eigenvalue weighted by Crippen LogP contribution is -2.16. The van der Waals surface area contributed by atoms with Crippen molar-refractivity contribution in [1.29, 1.82) is 0 Å². The smallest absolute Gasteiger partial charge is 0.234 e. The number of anilines is 1. The van der Waals surface area contributed by atoms with E-state index >= 15 is 0 Å². The van der Waals surface area contributed by atoms with Crippen LogP contribution in [0.4, 0.5) is 5.69 Å². The number of halogens is 1. The average molecular weight is 550 g/mol. The van der Waals surface area contributed by atoms with Crippen molar-refractivity contribution in [3.63, 3.8) is 0 Å². The number of nitrogens with one attached hydrogen (secondary N) is 1. The molecule has 2 aromatic carbocycles. The number of benzene rings is 2. The zero-order valence-electron chi connectivity index (χ0n) is 18.2. The van der Waals surface area contributed by atoms with E-state index in [9.17, 15) is 4.79 Å². The molecule has 8 heteroatoms. The molecule has 0 atom stereocenters. The predicted octanol–water partition coefficient (Wildman–Crippen LogP) is 5.64.